The fourth-order valence-corrected chi connectivity index (χ4v) is 4.76. The van der Waals surface area contributed by atoms with Gasteiger partial charge in [-0.15, -0.1) is 0 Å². The Morgan fingerprint density at radius 3 is 2.71 bits per heavy atom. The number of hydrogen-bond acceptors (Lipinski definition) is 4. The van der Waals surface area contributed by atoms with Crippen molar-refractivity contribution < 1.29 is 9.53 Å². The predicted molar refractivity (Wildman–Crippen MR) is 88.7 cm³/mol. The number of rotatable bonds is 7. The number of carbonyl (C=O) groups is 1. The van der Waals surface area contributed by atoms with Crippen LogP contribution in [0.5, 0.6) is 0 Å². The molecule has 0 aromatic heterocycles. The summed E-state index contributed by atoms with van der Waals surface area (Å²) in [7, 11) is 0. The van der Waals surface area contributed by atoms with Gasteiger partial charge in [-0.05, 0) is 26.2 Å². The van der Waals surface area contributed by atoms with Gasteiger partial charge in [-0.25, -0.2) is 0 Å². The lowest BCUT2D eigenvalue weighted by molar-refractivity contribution is -0.148. The molecule has 1 saturated carbocycles. The van der Waals surface area contributed by atoms with Crippen LogP contribution in [-0.2, 0) is 9.53 Å². The van der Waals surface area contributed by atoms with Crippen molar-refractivity contribution in [2.75, 3.05) is 24.7 Å². The molecule has 2 rings (SSSR count). The van der Waals surface area contributed by atoms with Gasteiger partial charge in [0.25, 0.3) is 0 Å². The summed E-state index contributed by atoms with van der Waals surface area (Å²) in [5.41, 5.74) is 0.139. The van der Waals surface area contributed by atoms with Gasteiger partial charge in [0.15, 0.2) is 0 Å². The molecule has 0 aromatic rings. The second-order valence-corrected chi connectivity index (χ2v) is 7.32. The molecule has 1 saturated heterocycles. The summed E-state index contributed by atoms with van der Waals surface area (Å²) in [6, 6.07) is 0.622. The Morgan fingerprint density at radius 2 is 2.14 bits per heavy atom. The lowest BCUT2D eigenvalue weighted by atomic mass is 9.58. The Bertz CT molecular complexity index is 341. The van der Waals surface area contributed by atoms with Crippen molar-refractivity contribution >= 4 is 17.7 Å². The summed E-state index contributed by atoms with van der Waals surface area (Å²) in [6.45, 7) is 8.26. The van der Waals surface area contributed by atoms with Crippen LogP contribution in [-0.4, -0.2) is 48.8 Å². The van der Waals surface area contributed by atoms with Crippen LogP contribution in [0, 0.1) is 5.41 Å². The Hall–Kier alpha value is -0.260. The largest absolute Gasteiger partial charge is 0.378 e. The average Bonchev–Trinajstić information content (AvgIpc) is 2.48. The fourth-order valence-electron chi connectivity index (χ4n) is 3.81. The molecular weight excluding hydrogens is 284 g/mol. The van der Waals surface area contributed by atoms with Gasteiger partial charge < -0.3 is 15.4 Å². The topological polar surface area (TPSA) is 50.4 Å². The zero-order valence-corrected chi connectivity index (χ0v) is 14.4. The zero-order valence-electron chi connectivity index (χ0n) is 13.6. The van der Waals surface area contributed by atoms with Gasteiger partial charge in [0.1, 0.15) is 0 Å². The number of carbonyl (C=O) groups excluding carboxylic acids is 1. The molecule has 0 bridgehead atoms. The Morgan fingerprint density at radius 1 is 1.38 bits per heavy atom. The van der Waals surface area contributed by atoms with Gasteiger partial charge >= 0.3 is 0 Å². The van der Waals surface area contributed by atoms with Crippen molar-refractivity contribution in [2.24, 2.45) is 5.41 Å². The minimum absolute atomic E-state index is 0.139. The molecule has 1 amide bonds. The molecule has 1 aliphatic heterocycles. The lowest BCUT2D eigenvalue weighted by Gasteiger charge is -2.55. The number of nitrogens with one attached hydrogen (secondary N) is 2. The van der Waals surface area contributed by atoms with Crippen LogP contribution in [0.25, 0.3) is 0 Å². The van der Waals surface area contributed by atoms with Crippen LogP contribution in [0.15, 0.2) is 0 Å². The van der Waals surface area contributed by atoms with E-state index in [9.17, 15) is 4.79 Å². The summed E-state index contributed by atoms with van der Waals surface area (Å²) < 4.78 is 5.87. The maximum Gasteiger partial charge on any atom is 0.221 e. The van der Waals surface area contributed by atoms with Gasteiger partial charge in [-0.1, -0.05) is 13.8 Å². The minimum Gasteiger partial charge on any atom is -0.378 e. The van der Waals surface area contributed by atoms with E-state index in [2.05, 4.69) is 24.5 Å². The van der Waals surface area contributed by atoms with Crippen LogP contribution in [0.2, 0.25) is 0 Å². The molecule has 122 valence electrons. The second-order valence-electron chi connectivity index (χ2n) is 6.17. The van der Waals surface area contributed by atoms with E-state index in [1.165, 1.54) is 0 Å². The molecule has 3 unspecified atom stereocenters. The predicted octanol–water partition coefficient (Wildman–Crippen LogP) is 2.18. The molecule has 3 atom stereocenters. The molecule has 1 aliphatic carbocycles. The Balaban J connectivity index is 1.85. The smallest absolute Gasteiger partial charge is 0.221 e. The summed E-state index contributed by atoms with van der Waals surface area (Å²) in [5, 5.41) is 6.71. The molecular formula is C16H30N2O2S. The lowest BCUT2D eigenvalue weighted by Crippen LogP contribution is -2.64. The highest BCUT2D eigenvalue weighted by atomic mass is 32.2. The van der Waals surface area contributed by atoms with E-state index in [-0.39, 0.29) is 17.4 Å². The molecule has 5 heteroatoms. The summed E-state index contributed by atoms with van der Waals surface area (Å²) in [6.07, 6.45) is 4.01. The number of thioether (sulfide) groups is 1. The molecule has 0 radical (unpaired) electrons. The first-order valence-corrected chi connectivity index (χ1v) is 9.53. The van der Waals surface area contributed by atoms with Crippen LogP contribution in [0.4, 0.5) is 0 Å². The molecule has 2 fully saturated rings. The van der Waals surface area contributed by atoms with Crippen LogP contribution in [0.1, 0.15) is 46.5 Å². The Labute approximate surface area is 133 Å². The first-order valence-electron chi connectivity index (χ1n) is 8.38. The van der Waals surface area contributed by atoms with Crippen LogP contribution < -0.4 is 10.6 Å². The molecule has 1 heterocycles. The highest BCUT2D eigenvalue weighted by Gasteiger charge is 2.53. The van der Waals surface area contributed by atoms with Crippen molar-refractivity contribution in [2.45, 2.75) is 64.6 Å². The maximum atomic E-state index is 12.3. The molecule has 0 spiro atoms. The first-order chi connectivity index (χ1) is 10.2. The van der Waals surface area contributed by atoms with Crippen molar-refractivity contribution in [1.82, 2.24) is 10.6 Å². The maximum absolute atomic E-state index is 12.3. The third kappa shape index (κ3) is 3.74. The van der Waals surface area contributed by atoms with E-state index in [0.29, 0.717) is 18.6 Å². The summed E-state index contributed by atoms with van der Waals surface area (Å²) >= 11 is 1.94. The van der Waals surface area contributed by atoms with Gasteiger partial charge in [0.2, 0.25) is 5.91 Å². The van der Waals surface area contributed by atoms with Gasteiger partial charge in [-0.2, -0.15) is 11.8 Å². The molecule has 0 aromatic carbocycles. The first kappa shape index (κ1) is 17.1. The summed E-state index contributed by atoms with van der Waals surface area (Å²) in [4.78, 5) is 12.3. The third-order valence-electron chi connectivity index (χ3n) is 5.23. The quantitative estimate of drug-likeness (QED) is 0.756. The highest BCUT2D eigenvalue weighted by Crippen LogP contribution is 2.48. The van der Waals surface area contributed by atoms with E-state index in [0.717, 1.165) is 43.9 Å². The van der Waals surface area contributed by atoms with E-state index < -0.39 is 0 Å². The van der Waals surface area contributed by atoms with Gasteiger partial charge in [0, 0.05) is 48.6 Å². The molecule has 4 nitrogen and oxygen atoms in total. The SMILES string of the molecule is CCOC1CC(NC(=O)CC2CSCCN2)C1(CC)CC. The fraction of sp³-hybridized carbons (Fsp3) is 0.938. The third-order valence-corrected chi connectivity index (χ3v) is 6.37. The normalized spacial score (nSPS) is 31.5. The highest BCUT2D eigenvalue weighted by molar-refractivity contribution is 7.99. The van der Waals surface area contributed by atoms with E-state index in [4.69, 9.17) is 4.74 Å². The standard InChI is InChI=1S/C16H30N2O2S/c1-4-16(5-2)13(10-14(16)20-6-3)18-15(19)9-12-11-21-8-7-17-12/h12-14,17H,4-11H2,1-3H3,(H,18,19). The number of hydrogen-bond donors (Lipinski definition) is 2. The average molecular weight is 314 g/mol. The Kier molecular flexibility index (Phi) is 6.38. The van der Waals surface area contributed by atoms with Crippen LogP contribution >= 0.6 is 11.8 Å². The summed E-state index contributed by atoms with van der Waals surface area (Å²) in [5.74, 6) is 2.40. The van der Waals surface area contributed by atoms with E-state index in [1.807, 2.05) is 18.7 Å². The zero-order chi connectivity index (χ0) is 15.3. The molecule has 21 heavy (non-hydrogen) atoms. The van der Waals surface area contributed by atoms with E-state index in [1.54, 1.807) is 0 Å². The number of amides is 1. The van der Waals surface area contributed by atoms with E-state index >= 15 is 0 Å². The van der Waals surface area contributed by atoms with Crippen molar-refractivity contribution in [3.8, 4) is 0 Å². The second kappa shape index (κ2) is 7.84. The van der Waals surface area contributed by atoms with Crippen LogP contribution in [0.3, 0.4) is 0 Å². The van der Waals surface area contributed by atoms with Crippen molar-refractivity contribution in [3.63, 3.8) is 0 Å². The van der Waals surface area contributed by atoms with Gasteiger partial charge in [-0.3, -0.25) is 4.79 Å². The molecule has 2 aliphatic rings. The monoisotopic (exact) mass is 314 g/mol. The van der Waals surface area contributed by atoms with Crippen molar-refractivity contribution in [1.29, 1.82) is 0 Å². The van der Waals surface area contributed by atoms with Crippen molar-refractivity contribution in [3.05, 3.63) is 0 Å². The number of ether oxygens (including phenoxy) is 1. The minimum atomic E-state index is 0.139. The molecule has 2 N–H and O–H groups in total. The van der Waals surface area contributed by atoms with Gasteiger partial charge in [0.05, 0.1) is 6.10 Å².